The van der Waals surface area contributed by atoms with Gasteiger partial charge in [-0.3, -0.25) is 0 Å². The first-order valence-corrected chi connectivity index (χ1v) is 5.63. The van der Waals surface area contributed by atoms with Crippen molar-refractivity contribution in [3.8, 4) is 0 Å². The summed E-state index contributed by atoms with van der Waals surface area (Å²) in [6.45, 7) is 4.03. The first kappa shape index (κ1) is 9.47. The van der Waals surface area contributed by atoms with Crippen LogP contribution in [0.25, 0.3) is 0 Å². The fraction of sp³-hybridized carbons (Fsp3) is 1.00. The molecule has 1 aliphatic heterocycles. The van der Waals surface area contributed by atoms with Crippen LogP contribution in [0.2, 0.25) is 0 Å². The minimum Gasteiger partial charge on any atom is -0.390 e. The van der Waals surface area contributed by atoms with Gasteiger partial charge in [-0.15, -0.1) is 0 Å². The summed E-state index contributed by atoms with van der Waals surface area (Å²) in [5, 5.41) is 13.7. The Kier molecular flexibility index (Phi) is 2.61. The molecule has 2 nitrogen and oxygen atoms in total. The maximum absolute atomic E-state index is 10.3. The fourth-order valence-electron chi connectivity index (χ4n) is 3.04. The van der Waals surface area contributed by atoms with Crippen molar-refractivity contribution >= 4 is 0 Å². The van der Waals surface area contributed by atoms with E-state index < -0.39 is 5.60 Å². The van der Waals surface area contributed by atoms with E-state index in [9.17, 15) is 5.11 Å². The zero-order chi connectivity index (χ0) is 9.31. The van der Waals surface area contributed by atoms with Gasteiger partial charge in [-0.25, -0.2) is 0 Å². The van der Waals surface area contributed by atoms with E-state index >= 15 is 0 Å². The first-order valence-electron chi connectivity index (χ1n) is 5.63. The van der Waals surface area contributed by atoms with E-state index in [1.165, 1.54) is 25.7 Å². The van der Waals surface area contributed by atoms with Crippen molar-refractivity contribution in [1.29, 1.82) is 0 Å². The molecule has 2 fully saturated rings. The molecule has 2 unspecified atom stereocenters. The zero-order valence-electron chi connectivity index (χ0n) is 8.55. The van der Waals surface area contributed by atoms with Gasteiger partial charge >= 0.3 is 0 Å². The molecule has 2 rings (SSSR count). The summed E-state index contributed by atoms with van der Waals surface area (Å²) in [4.78, 5) is 0. The van der Waals surface area contributed by atoms with Crippen LogP contribution in [0.5, 0.6) is 0 Å². The van der Waals surface area contributed by atoms with Crippen LogP contribution >= 0.6 is 0 Å². The number of hydrogen-bond donors (Lipinski definition) is 2. The molecule has 2 heteroatoms. The van der Waals surface area contributed by atoms with Gasteiger partial charge in [0.15, 0.2) is 0 Å². The van der Waals surface area contributed by atoms with E-state index in [4.69, 9.17) is 0 Å². The molecule has 0 aromatic carbocycles. The summed E-state index contributed by atoms with van der Waals surface area (Å²) in [6.07, 6.45) is 6.34. The third-order valence-corrected chi connectivity index (χ3v) is 3.94. The Labute approximate surface area is 80.7 Å². The van der Waals surface area contributed by atoms with Crippen LogP contribution in [0.3, 0.4) is 0 Å². The summed E-state index contributed by atoms with van der Waals surface area (Å²) in [5.41, 5.74) is -0.403. The summed E-state index contributed by atoms with van der Waals surface area (Å²) < 4.78 is 0. The highest BCUT2D eigenvalue weighted by molar-refractivity contribution is 4.93. The molecule has 76 valence electrons. The van der Waals surface area contributed by atoms with Crippen LogP contribution in [0.1, 0.15) is 39.0 Å². The Morgan fingerprint density at radius 2 is 2.00 bits per heavy atom. The predicted octanol–water partition coefficient (Wildman–Crippen LogP) is 1.54. The molecule has 0 radical (unpaired) electrons. The van der Waals surface area contributed by atoms with Crippen LogP contribution < -0.4 is 5.32 Å². The molecule has 2 N–H and O–H groups in total. The SMILES string of the molecule is CC1(O)CCNCC1C1CCCC1. The second kappa shape index (κ2) is 3.58. The average Bonchev–Trinajstić information content (AvgIpc) is 2.55. The Morgan fingerprint density at radius 3 is 2.62 bits per heavy atom. The normalized spacial score (nSPS) is 42.5. The molecule has 0 aromatic rings. The Morgan fingerprint density at radius 1 is 1.31 bits per heavy atom. The predicted molar refractivity (Wildman–Crippen MR) is 53.6 cm³/mol. The molecule has 1 saturated carbocycles. The summed E-state index contributed by atoms with van der Waals surface area (Å²) in [7, 11) is 0. The average molecular weight is 183 g/mol. The van der Waals surface area contributed by atoms with Crippen molar-refractivity contribution in [3.63, 3.8) is 0 Å². The molecule has 0 aromatic heterocycles. The van der Waals surface area contributed by atoms with Crippen molar-refractivity contribution in [1.82, 2.24) is 5.32 Å². The van der Waals surface area contributed by atoms with Gasteiger partial charge in [-0.1, -0.05) is 25.7 Å². The van der Waals surface area contributed by atoms with Gasteiger partial charge in [-0.05, 0) is 25.8 Å². The van der Waals surface area contributed by atoms with Gasteiger partial charge in [0.25, 0.3) is 0 Å². The molecular weight excluding hydrogens is 162 g/mol. The lowest BCUT2D eigenvalue weighted by molar-refractivity contribution is -0.0468. The van der Waals surface area contributed by atoms with Gasteiger partial charge in [0, 0.05) is 12.5 Å². The summed E-state index contributed by atoms with van der Waals surface area (Å²) >= 11 is 0. The number of rotatable bonds is 1. The zero-order valence-corrected chi connectivity index (χ0v) is 8.55. The van der Waals surface area contributed by atoms with Gasteiger partial charge < -0.3 is 10.4 Å². The fourth-order valence-corrected chi connectivity index (χ4v) is 3.04. The van der Waals surface area contributed by atoms with Crippen LogP contribution in [-0.4, -0.2) is 23.8 Å². The highest BCUT2D eigenvalue weighted by Crippen LogP contribution is 2.39. The van der Waals surface area contributed by atoms with Gasteiger partial charge in [0.2, 0.25) is 0 Å². The molecule has 2 aliphatic rings. The summed E-state index contributed by atoms with van der Waals surface area (Å²) in [6, 6.07) is 0. The van der Waals surface area contributed by atoms with E-state index in [1.807, 2.05) is 6.92 Å². The maximum Gasteiger partial charge on any atom is 0.0674 e. The van der Waals surface area contributed by atoms with Crippen LogP contribution in [0.4, 0.5) is 0 Å². The molecule has 0 amide bonds. The molecular formula is C11H21NO. The van der Waals surface area contributed by atoms with E-state index in [1.54, 1.807) is 0 Å². The van der Waals surface area contributed by atoms with Gasteiger partial charge in [-0.2, -0.15) is 0 Å². The molecule has 2 atom stereocenters. The monoisotopic (exact) mass is 183 g/mol. The standard InChI is InChI=1S/C11H21NO/c1-11(13)6-7-12-8-10(11)9-4-2-3-5-9/h9-10,12-13H,2-8H2,1H3. The lowest BCUT2D eigenvalue weighted by Gasteiger charge is -2.41. The number of nitrogens with one attached hydrogen (secondary N) is 1. The Bertz CT molecular complexity index is 173. The highest BCUT2D eigenvalue weighted by atomic mass is 16.3. The smallest absolute Gasteiger partial charge is 0.0674 e. The van der Waals surface area contributed by atoms with Gasteiger partial charge in [0.1, 0.15) is 0 Å². The Balaban J connectivity index is 2.02. The molecule has 13 heavy (non-hydrogen) atoms. The van der Waals surface area contributed by atoms with Crippen LogP contribution in [0.15, 0.2) is 0 Å². The van der Waals surface area contributed by atoms with Crippen molar-refractivity contribution in [2.75, 3.05) is 13.1 Å². The second-order valence-corrected chi connectivity index (χ2v) is 4.96. The largest absolute Gasteiger partial charge is 0.390 e. The highest BCUT2D eigenvalue weighted by Gasteiger charge is 2.40. The quantitative estimate of drug-likeness (QED) is 0.646. The maximum atomic E-state index is 10.3. The van der Waals surface area contributed by atoms with Crippen LogP contribution in [0, 0.1) is 11.8 Å². The molecule has 1 aliphatic carbocycles. The summed E-state index contributed by atoms with van der Waals surface area (Å²) in [5.74, 6) is 1.28. The third-order valence-electron chi connectivity index (χ3n) is 3.94. The molecule has 1 heterocycles. The van der Waals surface area contributed by atoms with E-state index in [0.717, 1.165) is 25.4 Å². The minimum atomic E-state index is -0.403. The molecule has 1 saturated heterocycles. The second-order valence-electron chi connectivity index (χ2n) is 4.96. The van der Waals surface area contributed by atoms with Crippen molar-refractivity contribution in [2.45, 2.75) is 44.6 Å². The van der Waals surface area contributed by atoms with Crippen molar-refractivity contribution < 1.29 is 5.11 Å². The molecule has 0 spiro atoms. The topological polar surface area (TPSA) is 32.3 Å². The van der Waals surface area contributed by atoms with Crippen molar-refractivity contribution in [2.24, 2.45) is 11.8 Å². The first-order chi connectivity index (χ1) is 6.20. The van der Waals surface area contributed by atoms with E-state index in [-0.39, 0.29) is 0 Å². The van der Waals surface area contributed by atoms with Crippen molar-refractivity contribution in [3.05, 3.63) is 0 Å². The van der Waals surface area contributed by atoms with E-state index in [0.29, 0.717) is 5.92 Å². The minimum absolute atomic E-state index is 0.403. The van der Waals surface area contributed by atoms with E-state index in [2.05, 4.69) is 5.32 Å². The number of aliphatic hydroxyl groups is 1. The number of piperidine rings is 1. The molecule has 0 bridgehead atoms. The third kappa shape index (κ3) is 1.89. The lowest BCUT2D eigenvalue weighted by Crippen LogP contribution is -2.50. The number of hydrogen-bond acceptors (Lipinski definition) is 2. The Hall–Kier alpha value is -0.0800. The van der Waals surface area contributed by atoms with Crippen LogP contribution in [-0.2, 0) is 0 Å². The van der Waals surface area contributed by atoms with Gasteiger partial charge in [0.05, 0.1) is 5.60 Å². The lowest BCUT2D eigenvalue weighted by atomic mass is 9.74.